The molecule has 0 amide bonds. The zero-order valence-electron chi connectivity index (χ0n) is 10.4. The Morgan fingerprint density at radius 3 is 2.69 bits per heavy atom. The van der Waals surface area contributed by atoms with Crippen LogP contribution in [0.3, 0.4) is 0 Å². The third-order valence-electron chi connectivity index (χ3n) is 3.75. The van der Waals surface area contributed by atoms with Gasteiger partial charge in [-0.2, -0.15) is 0 Å². The van der Waals surface area contributed by atoms with Gasteiger partial charge in [0.25, 0.3) is 0 Å². The summed E-state index contributed by atoms with van der Waals surface area (Å²) in [6, 6.07) is 11.0. The lowest BCUT2D eigenvalue weighted by atomic mass is 9.93. The second kappa shape index (κ2) is 6.05. The van der Waals surface area contributed by atoms with Crippen molar-refractivity contribution in [3.05, 3.63) is 35.9 Å². The summed E-state index contributed by atoms with van der Waals surface area (Å²) in [5.74, 6) is 0.902. The molecule has 1 saturated heterocycles. The molecule has 88 valence electrons. The maximum absolute atomic E-state index is 2.59. The zero-order chi connectivity index (χ0) is 11.2. The molecule has 16 heavy (non-hydrogen) atoms. The third kappa shape index (κ3) is 3.34. The molecule has 1 aliphatic rings. The van der Waals surface area contributed by atoms with Crippen molar-refractivity contribution in [3.63, 3.8) is 0 Å². The van der Waals surface area contributed by atoms with Gasteiger partial charge in [-0.3, -0.25) is 0 Å². The summed E-state index contributed by atoms with van der Waals surface area (Å²) in [7, 11) is 0. The molecule has 0 aromatic heterocycles. The molecule has 0 aliphatic carbocycles. The van der Waals surface area contributed by atoms with Crippen LogP contribution in [0.2, 0.25) is 0 Å². The van der Waals surface area contributed by atoms with E-state index in [9.17, 15) is 0 Å². The van der Waals surface area contributed by atoms with Crippen LogP contribution in [0.15, 0.2) is 30.3 Å². The zero-order valence-corrected chi connectivity index (χ0v) is 10.4. The fourth-order valence-corrected chi connectivity index (χ4v) is 2.69. The molecule has 0 N–H and O–H groups in total. The van der Waals surface area contributed by atoms with Crippen LogP contribution in [-0.4, -0.2) is 24.5 Å². The highest BCUT2D eigenvalue weighted by Crippen LogP contribution is 2.21. The van der Waals surface area contributed by atoms with Crippen LogP contribution in [0.4, 0.5) is 0 Å². The topological polar surface area (TPSA) is 3.24 Å². The van der Waals surface area contributed by atoms with Crippen LogP contribution in [0.5, 0.6) is 0 Å². The smallest absolute Gasteiger partial charge is 0.00161 e. The van der Waals surface area contributed by atoms with Crippen LogP contribution < -0.4 is 0 Å². The highest BCUT2D eigenvalue weighted by molar-refractivity contribution is 5.15. The van der Waals surface area contributed by atoms with Gasteiger partial charge in [0.1, 0.15) is 0 Å². The average molecular weight is 217 g/mol. The predicted octanol–water partition coefficient (Wildman–Crippen LogP) is 3.35. The summed E-state index contributed by atoms with van der Waals surface area (Å²) in [4.78, 5) is 2.59. The Bertz CT molecular complexity index is 294. The van der Waals surface area contributed by atoms with E-state index in [-0.39, 0.29) is 0 Å². The van der Waals surface area contributed by atoms with E-state index in [1.807, 2.05) is 0 Å². The van der Waals surface area contributed by atoms with Crippen molar-refractivity contribution in [1.82, 2.24) is 4.90 Å². The molecular weight excluding hydrogens is 194 g/mol. The molecule has 1 fully saturated rings. The molecule has 0 bridgehead atoms. The number of hydrogen-bond donors (Lipinski definition) is 0. The Hall–Kier alpha value is -0.820. The molecule has 0 saturated carbocycles. The van der Waals surface area contributed by atoms with Crippen molar-refractivity contribution in [1.29, 1.82) is 0 Å². The molecule has 1 atom stereocenters. The summed E-state index contributed by atoms with van der Waals surface area (Å²) in [5.41, 5.74) is 1.51. The van der Waals surface area contributed by atoms with Gasteiger partial charge in [0.15, 0.2) is 0 Å². The fraction of sp³-hybridized carbons (Fsp3) is 0.600. The first kappa shape index (κ1) is 11.7. The van der Waals surface area contributed by atoms with Crippen molar-refractivity contribution in [2.24, 2.45) is 5.92 Å². The molecule has 1 aromatic carbocycles. The number of rotatable bonds is 3. The summed E-state index contributed by atoms with van der Waals surface area (Å²) >= 11 is 0. The highest BCUT2D eigenvalue weighted by atomic mass is 15.1. The Morgan fingerprint density at radius 2 is 1.94 bits per heavy atom. The molecule has 0 radical (unpaired) electrons. The molecule has 1 heterocycles. The lowest BCUT2D eigenvalue weighted by Crippen LogP contribution is -2.24. The van der Waals surface area contributed by atoms with E-state index in [1.165, 1.54) is 50.9 Å². The van der Waals surface area contributed by atoms with Crippen molar-refractivity contribution >= 4 is 0 Å². The molecular formula is C15H23N. The normalized spacial score (nSPS) is 22.9. The highest BCUT2D eigenvalue weighted by Gasteiger charge is 2.15. The number of hydrogen-bond acceptors (Lipinski definition) is 1. The van der Waals surface area contributed by atoms with E-state index in [2.05, 4.69) is 42.2 Å². The first-order valence-corrected chi connectivity index (χ1v) is 6.64. The average Bonchev–Trinajstić information content (AvgIpc) is 2.56. The second-order valence-electron chi connectivity index (χ2n) is 4.92. The summed E-state index contributed by atoms with van der Waals surface area (Å²) < 4.78 is 0. The number of likely N-dealkylation sites (tertiary alicyclic amines) is 1. The Morgan fingerprint density at radius 1 is 1.12 bits per heavy atom. The summed E-state index contributed by atoms with van der Waals surface area (Å²) in [6.45, 7) is 6.10. The van der Waals surface area contributed by atoms with E-state index in [1.54, 1.807) is 0 Å². The van der Waals surface area contributed by atoms with Gasteiger partial charge in [-0.05, 0) is 56.8 Å². The Labute approximate surface area is 99.5 Å². The number of benzene rings is 1. The predicted molar refractivity (Wildman–Crippen MR) is 69.6 cm³/mol. The number of nitrogens with zero attached hydrogens (tertiary/aromatic N) is 1. The molecule has 2 rings (SSSR count). The van der Waals surface area contributed by atoms with Crippen LogP contribution >= 0.6 is 0 Å². The first-order chi connectivity index (χ1) is 7.88. The lowest BCUT2D eigenvalue weighted by Gasteiger charge is -2.17. The molecule has 1 aromatic rings. The van der Waals surface area contributed by atoms with Crippen molar-refractivity contribution < 1.29 is 0 Å². The Balaban J connectivity index is 1.86. The fourth-order valence-electron chi connectivity index (χ4n) is 2.69. The van der Waals surface area contributed by atoms with E-state index < -0.39 is 0 Å². The van der Waals surface area contributed by atoms with Gasteiger partial charge < -0.3 is 4.90 Å². The quantitative estimate of drug-likeness (QED) is 0.750. The summed E-state index contributed by atoms with van der Waals surface area (Å²) in [5, 5.41) is 0. The Kier molecular flexibility index (Phi) is 4.41. The van der Waals surface area contributed by atoms with Crippen molar-refractivity contribution in [3.8, 4) is 0 Å². The van der Waals surface area contributed by atoms with Crippen LogP contribution in [-0.2, 0) is 6.42 Å². The SMILES string of the molecule is CCN1CCCC(Cc2ccccc2)CC1. The molecule has 1 nitrogen and oxygen atoms in total. The maximum atomic E-state index is 2.59. The third-order valence-corrected chi connectivity index (χ3v) is 3.75. The van der Waals surface area contributed by atoms with Crippen LogP contribution in [0.1, 0.15) is 31.7 Å². The van der Waals surface area contributed by atoms with Gasteiger partial charge in [0.2, 0.25) is 0 Å². The minimum absolute atomic E-state index is 0.902. The van der Waals surface area contributed by atoms with Crippen LogP contribution in [0, 0.1) is 5.92 Å². The molecule has 1 heteroatoms. The van der Waals surface area contributed by atoms with E-state index in [0.29, 0.717) is 0 Å². The second-order valence-corrected chi connectivity index (χ2v) is 4.92. The monoisotopic (exact) mass is 217 g/mol. The van der Waals surface area contributed by atoms with Gasteiger partial charge in [-0.25, -0.2) is 0 Å². The maximum Gasteiger partial charge on any atom is -0.00161 e. The van der Waals surface area contributed by atoms with E-state index in [4.69, 9.17) is 0 Å². The van der Waals surface area contributed by atoms with Crippen molar-refractivity contribution in [2.45, 2.75) is 32.6 Å². The van der Waals surface area contributed by atoms with Gasteiger partial charge in [-0.15, -0.1) is 0 Å². The molecule has 1 aliphatic heterocycles. The van der Waals surface area contributed by atoms with Crippen molar-refractivity contribution in [2.75, 3.05) is 19.6 Å². The van der Waals surface area contributed by atoms with Gasteiger partial charge in [0.05, 0.1) is 0 Å². The van der Waals surface area contributed by atoms with Gasteiger partial charge in [0, 0.05) is 0 Å². The van der Waals surface area contributed by atoms with Crippen LogP contribution in [0.25, 0.3) is 0 Å². The van der Waals surface area contributed by atoms with E-state index in [0.717, 1.165) is 5.92 Å². The standard InChI is InChI=1S/C15H23N/c1-2-16-11-6-9-15(10-12-16)13-14-7-4-3-5-8-14/h3-5,7-8,15H,2,6,9-13H2,1H3. The first-order valence-electron chi connectivity index (χ1n) is 6.64. The minimum atomic E-state index is 0.902. The van der Waals surface area contributed by atoms with Gasteiger partial charge in [-0.1, -0.05) is 37.3 Å². The largest absolute Gasteiger partial charge is 0.304 e. The minimum Gasteiger partial charge on any atom is -0.304 e. The lowest BCUT2D eigenvalue weighted by molar-refractivity contribution is 0.295. The van der Waals surface area contributed by atoms with Gasteiger partial charge >= 0.3 is 0 Å². The molecule has 1 unspecified atom stereocenters. The molecule has 0 spiro atoms. The van der Waals surface area contributed by atoms with E-state index >= 15 is 0 Å². The summed E-state index contributed by atoms with van der Waals surface area (Å²) in [6.07, 6.45) is 5.44.